The topological polar surface area (TPSA) is 15.3 Å². The molecule has 4 atom stereocenters. The van der Waals surface area contributed by atoms with Crippen molar-refractivity contribution in [3.8, 4) is 0 Å². The Hall–Kier alpha value is -0.860. The summed E-state index contributed by atoms with van der Waals surface area (Å²) in [6, 6.07) is 10.1. The molecule has 21 heavy (non-hydrogen) atoms. The zero-order valence-electron chi connectivity index (χ0n) is 14.4. The predicted octanol–water partition coefficient (Wildman–Crippen LogP) is 4.19. The largest absolute Gasteiger partial charge is 0.309 e. The lowest BCUT2D eigenvalue weighted by molar-refractivity contribution is 0.145. The lowest BCUT2D eigenvalue weighted by atomic mass is 9.77. The van der Waals surface area contributed by atoms with E-state index in [9.17, 15) is 0 Å². The molecular weight excluding hydrogens is 256 g/mol. The Kier molecular flexibility index (Phi) is 5.83. The summed E-state index contributed by atoms with van der Waals surface area (Å²) in [5, 5.41) is 3.74. The van der Waals surface area contributed by atoms with Gasteiger partial charge < -0.3 is 10.2 Å². The highest BCUT2D eigenvalue weighted by Gasteiger charge is 2.34. The molecule has 0 heterocycles. The molecule has 1 aromatic rings. The molecule has 0 aliphatic heterocycles. The van der Waals surface area contributed by atoms with Gasteiger partial charge >= 0.3 is 0 Å². The molecule has 1 aliphatic carbocycles. The number of hydrogen-bond acceptors (Lipinski definition) is 2. The molecule has 0 spiro atoms. The Balaban J connectivity index is 2.25. The van der Waals surface area contributed by atoms with Crippen LogP contribution in [0.3, 0.4) is 0 Å². The van der Waals surface area contributed by atoms with Crippen molar-refractivity contribution in [1.29, 1.82) is 0 Å². The lowest BCUT2D eigenvalue weighted by Gasteiger charge is -2.43. The fraction of sp³-hybridized carbons (Fsp3) is 0.684. The number of fused-ring (bicyclic) bond motifs is 1. The van der Waals surface area contributed by atoms with Crippen LogP contribution in [0.2, 0.25) is 0 Å². The third kappa shape index (κ3) is 3.67. The summed E-state index contributed by atoms with van der Waals surface area (Å²) in [6.45, 7) is 11.5. The molecule has 0 bridgehead atoms. The van der Waals surface area contributed by atoms with E-state index < -0.39 is 0 Å². The first kappa shape index (κ1) is 16.5. The Morgan fingerprint density at radius 3 is 2.52 bits per heavy atom. The molecule has 2 rings (SSSR count). The smallest absolute Gasteiger partial charge is 0.0481 e. The molecule has 0 amide bonds. The second kappa shape index (κ2) is 7.42. The molecule has 1 N–H and O–H groups in total. The van der Waals surface area contributed by atoms with Crippen molar-refractivity contribution in [3.63, 3.8) is 0 Å². The zero-order valence-corrected chi connectivity index (χ0v) is 14.4. The van der Waals surface area contributed by atoms with Crippen molar-refractivity contribution in [2.24, 2.45) is 5.92 Å². The molecule has 0 aromatic heterocycles. The van der Waals surface area contributed by atoms with E-state index in [-0.39, 0.29) is 0 Å². The van der Waals surface area contributed by atoms with E-state index >= 15 is 0 Å². The van der Waals surface area contributed by atoms with Gasteiger partial charge in [0.05, 0.1) is 0 Å². The van der Waals surface area contributed by atoms with E-state index in [1.165, 1.54) is 30.5 Å². The van der Waals surface area contributed by atoms with Gasteiger partial charge in [-0.15, -0.1) is 0 Å². The van der Waals surface area contributed by atoms with Crippen LogP contribution in [0, 0.1) is 5.92 Å². The molecule has 0 saturated carbocycles. The fourth-order valence-corrected chi connectivity index (χ4v) is 3.73. The average Bonchev–Trinajstić information content (AvgIpc) is 2.49. The molecule has 1 aliphatic rings. The van der Waals surface area contributed by atoms with Gasteiger partial charge in [0.25, 0.3) is 0 Å². The van der Waals surface area contributed by atoms with Crippen LogP contribution >= 0.6 is 0 Å². The Labute approximate surface area is 130 Å². The lowest BCUT2D eigenvalue weighted by Crippen LogP contribution is -2.47. The SMILES string of the molecule is CCNC1c2ccccc2C(C)CC1N(C)CC(C)CC. The van der Waals surface area contributed by atoms with E-state index in [1.807, 2.05) is 0 Å². The molecule has 118 valence electrons. The summed E-state index contributed by atoms with van der Waals surface area (Å²) >= 11 is 0. The van der Waals surface area contributed by atoms with Gasteiger partial charge in [-0.25, -0.2) is 0 Å². The van der Waals surface area contributed by atoms with Crippen molar-refractivity contribution in [2.75, 3.05) is 20.1 Å². The van der Waals surface area contributed by atoms with Crippen molar-refractivity contribution in [2.45, 2.75) is 58.5 Å². The average molecular weight is 288 g/mol. The van der Waals surface area contributed by atoms with Gasteiger partial charge in [0.1, 0.15) is 0 Å². The van der Waals surface area contributed by atoms with E-state index in [1.54, 1.807) is 0 Å². The van der Waals surface area contributed by atoms with Gasteiger partial charge in [0.2, 0.25) is 0 Å². The monoisotopic (exact) mass is 288 g/mol. The van der Waals surface area contributed by atoms with Crippen LogP contribution in [0.15, 0.2) is 24.3 Å². The normalized spacial score (nSPS) is 26.7. The third-order valence-corrected chi connectivity index (χ3v) is 5.13. The summed E-state index contributed by atoms with van der Waals surface area (Å²) in [4.78, 5) is 2.59. The molecular formula is C19H32N2. The van der Waals surface area contributed by atoms with Gasteiger partial charge in [-0.2, -0.15) is 0 Å². The Bertz CT molecular complexity index is 443. The van der Waals surface area contributed by atoms with E-state index in [0.29, 0.717) is 18.0 Å². The van der Waals surface area contributed by atoms with E-state index in [2.05, 4.69) is 69.2 Å². The summed E-state index contributed by atoms with van der Waals surface area (Å²) in [7, 11) is 2.31. The maximum absolute atomic E-state index is 3.74. The number of hydrogen-bond donors (Lipinski definition) is 1. The van der Waals surface area contributed by atoms with Gasteiger partial charge in [-0.05, 0) is 43.0 Å². The van der Waals surface area contributed by atoms with Gasteiger partial charge in [0, 0.05) is 18.6 Å². The highest BCUT2D eigenvalue weighted by atomic mass is 15.2. The molecule has 1 aromatic carbocycles. The standard InChI is InChI=1S/C19H32N2/c1-6-14(3)13-21(5)18-12-15(4)16-10-8-9-11-17(16)19(18)20-7-2/h8-11,14-15,18-20H,6-7,12-13H2,1-5H3. The maximum Gasteiger partial charge on any atom is 0.0481 e. The highest BCUT2D eigenvalue weighted by molar-refractivity contribution is 5.36. The molecule has 0 saturated heterocycles. The fourth-order valence-electron chi connectivity index (χ4n) is 3.73. The van der Waals surface area contributed by atoms with Crippen molar-refractivity contribution in [1.82, 2.24) is 10.2 Å². The van der Waals surface area contributed by atoms with Crippen LogP contribution in [-0.2, 0) is 0 Å². The van der Waals surface area contributed by atoms with E-state index in [4.69, 9.17) is 0 Å². The molecule has 4 unspecified atom stereocenters. The number of rotatable bonds is 6. The van der Waals surface area contributed by atoms with Crippen LogP contribution in [0.25, 0.3) is 0 Å². The minimum atomic E-state index is 0.469. The van der Waals surface area contributed by atoms with Gasteiger partial charge in [-0.3, -0.25) is 0 Å². The quantitative estimate of drug-likeness (QED) is 0.844. The maximum atomic E-state index is 3.74. The van der Waals surface area contributed by atoms with Gasteiger partial charge in [0.15, 0.2) is 0 Å². The van der Waals surface area contributed by atoms with Crippen molar-refractivity contribution >= 4 is 0 Å². The first-order chi connectivity index (χ1) is 10.1. The first-order valence-electron chi connectivity index (χ1n) is 8.60. The molecule has 0 fully saturated rings. The minimum absolute atomic E-state index is 0.469. The van der Waals surface area contributed by atoms with Crippen LogP contribution < -0.4 is 5.32 Å². The van der Waals surface area contributed by atoms with Crippen LogP contribution in [0.1, 0.15) is 63.6 Å². The summed E-state index contributed by atoms with van der Waals surface area (Å²) in [5.41, 5.74) is 3.05. The minimum Gasteiger partial charge on any atom is -0.309 e. The zero-order chi connectivity index (χ0) is 15.4. The second-order valence-corrected chi connectivity index (χ2v) is 6.82. The molecule has 0 radical (unpaired) electrons. The summed E-state index contributed by atoms with van der Waals surface area (Å²) in [6.07, 6.45) is 2.51. The van der Waals surface area contributed by atoms with Gasteiger partial charge in [-0.1, -0.05) is 58.4 Å². The highest BCUT2D eigenvalue weighted by Crippen LogP contribution is 2.39. The number of benzene rings is 1. The van der Waals surface area contributed by atoms with Crippen LogP contribution in [-0.4, -0.2) is 31.1 Å². The van der Waals surface area contributed by atoms with Crippen molar-refractivity contribution < 1.29 is 0 Å². The number of nitrogens with zero attached hydrogens (tertiary/aromatic N) is 1. The predicted molar refractivity (Wildman–Crippen MR) is 91.8 cm³/mol. The Morgan fingerprint density at radius 1 is 1.24 bits per heavy atom. The number of likely N-dealkylation sites (N-methyl/N-ethyl adjacent to an activating group) is 2. The molecule has 2 nitrogen and oxygen atoms in total. The van der Waals surface area contributed by atoms with Crippen LogP contribution in [0.4, 0.5) is 0 Å². The Morgan fingerprint density at radius 2 is 1.90 bits per heavy atom. The third-order valence-electron chi connectivity index (χ3n) is 5.13. The summed E-state index contributed by atoms with van der Waals surface area (Å²) in [5.74, 6) is 1.42. The van der Waals surface area contributed by atoms with E-state index in [0.717, 1.165) is 12.5 Å². The first-order valence-corrected chi connectivity index (χ1v) is 8.60. The number of nitrogens with one attached hydrogen (secondary N) is 1. The summed E-state index contributed by atoms with van der Waals surface area (Å²) < 4.78 is 0. The molecule has 2 heteroatoms. The van der Waals surface area contributed by atoms with Crippen LogP contribution in [0.5, 0.6) is 0 Å². The van der Waals surface area contributed by atoms with Crippen molar-refractivity contribution in [3.05, 3.63) is 35.4 Å². The second-order valence-electron chi connectivity index (χ2n) is 6.82.